The normalized spacial score (nSPS) is 14.9. The quantitative estimate of drug-likeness (QED) is 0.643. The number of rotatable bonds is 4. The summed E-state index contributed by atoms with van der Waals surface area (Å²) in [4.78, 5) is 2.21. The molecule has 0 aromatic rings. The molecule has 0 amide bonds. The maximum absolute atomic E-state index is 3.99. The molecule has 2 heteroatoms. The first-order valence-corrected chi connectivity index (χ1v) is 4.34. The first kappa shape index (κ1) is 11.7. The number of hydrogen-bond acceptors (Lipinski definition) is 2. The van der Waals surface area contributed by atoms with Gasteiger partial charge in [0.15, 0.2) is 0 Å². The summed E-state index contributed by atoms with van der Waals surface area (Å²) in [7, 11) is 6.16. The van der Waals surface area contributed by atoms with Crippen molar-refractivity contribution >= 4 is 0 Å². The van der Waals surface area contributed by atoms with E-state index in [1.54, 1.807) is 0 Å². The Morgan fingerprint density at radius 3 is 1.92 bits per heavy atom. The SMILES string of the molecule is C=C(C)C(NC)C(C)(C)N(C)C. The predicted octanol–water partition coefficient (Wildman–Crippen LogP) is 1.49. The summed E-state index contributed by atoms with van der Waals surface area (Å²) in [5.74, 6) is 0. The zero-order chi connectivity index (χ0) is 9.94. The molecule has 72 valence electrons. The van der Waals surface area contributed by atoms with E-state index in [2.05, 4.69) is 51.7 Å². The second kappa shape index (κ2) is 4.06. The van der Waals surface area contributed by atoms with Crippen LogP contribution < -0.4 is 5.32 Å². The molecule has 0 heterocycles. The molecule has 0 aliphatic rings. The second-order valence-corrected chi connectivity index (χ2v) is 4.12. The van der Waals surface area contributed by atoms with Crippen LogP contribution in [0.2, 0.25) is 0 Å². The number of likely N-dealkylation sites (N-methyl/N-ethyl adjacent to an activating group) is 2. The molecular formula is C10H22N2. The van der Waals surface area contributed by atoms with Crippen LogP contribution in [0.1, 0.15) is 20.8 Å². The van der Waals surface area contributed by atoms with Gasteiger partial charge >= 0.3 is 0 Å². The van der Waals surface area contributed by atoms with Crippen molar-refractivity contribution in [3.8, 4) is 0 Å². The Hall–Kier alpha value is -0.340. The van der Waals surface area contributed by atoms with Gasteiger partial charge in [0.1, 0.15) is 0 Å². The minimum absolute atomic E-state index is 0.112. The first-order chi connectivity index (χ1) is 5.34. The predicted molar refractivity (Wildman–Crippen MR) is 55.4 cm³/mol. The van der Waals surface area contributed by atoms with Gasteiger partial charge in [-0.2, -0.15) is 0 Å². The van der Waals surface area contributed by atoms with Gasteiger partial charge in [-0.25, -0.2) is 0 Å². The van der Waals surface area contributed by atoms with E-state index in [9.17, 15) is 0 Å². The van der Waals surface area contributed by atoms with Crippen molar-refractivity contribution in [2.45, 2.75) is 32.4 Å². The molecule has 2 nitrogen and oxygen atoms in total. The number of hydrogen-bond donors (Lipinski definition) is 1. The van der Waals surface area contributed by atoms with Gasteiger partial charge in [-0.05, 0) is 41.9 Å². The molecule has 0 aromatic heterocycles. The molecule has 1 N–H and O–H groups in total. The van der Waals surface area contributed by atoms with E-state index in [0.29, 0.717) is 6.04 Å². The zero-order valence-electron chi connectivity index (χ0n) is 9.23. The fraction of sp³-hybridized carbons (Fsp3) is 0.800. The van der Waals surface area contributed by atoms with E-state index >= 15 is 0 Å². The van der Waals surface area contributed by atoms with Gasteiger partial charge in [0, 0.05) is 11.6 Å². The molecule has 0 aromatic carbocycles. The minimum atomic E-state index is 0.112. The van der Waals surface area contributed by atoms with Crippen LogP contribution in [0, 0.1) is 0 Å². The van der Waals surface area contributed by atoms with Crippen LogP contribution in [0.3, 0.4) is 0 Å². The third-order valence-electron chi connectivity index (χ3n) is 2.64. The highest BCUT2D eigenvalue weighted by Gasteiger charge is 2.30. The van der Waals surface area contributed by atoms with Crippen LogP contribution in [0.5, 0.6) is 0 Å². The Morgan fingerprint density at radius 2 is 1.83 bits per heavy atom. The van der Waals surface area contributed by atoms with Crippen LogP contribution in [0.15, 0.2) is 12.2 Å². The summed E-state index contributed by atoms with van der Waals surface area (Å²) in [5, 5.41) is 3.28. The van der Waals surface area contributed by atoms with Crippen molar-refractivity contribution in [2.24, 2.45) is 0 Å². The lowest BCUT2D eigenvalue weighted by Gasteiger charge is -2.40. The molecule has 0 saturated heterocycles. The van der Waals surface area contributed by atoms with Crippen LogP contribution in [-0.2, 0) is 0 Å². The molecule has 0 aliphatic carbocycles. The van der Waals surface area contributed by atoms with Crippen LogP contribution >= 0.6 is 0 Å². The molecule has 1 unspecified atom stereocenters. The zero-order valence-corrected chi connectivity index (χ0v) is 9.23. The number of nitrogens with zero attached hydrogens (tertiary/aromatic N) is 1. The smallest absolute Gasteiger partial charge is 0.0453 e. The highest BCUT2D eigenvalue weighted by molar-refractivity contribution is 5.11. The van der Waals surface area contributed by atoms with Gasteiger partial charge in [-0.15, -0.1) is 0 Å². The lowest BCUT2D eigenvalue weighted by atomic mass is 9.89. The van der Waals surface area contributed by atoms with Gasteiger partial charge in [0.25, 0.3) is 0 Å². The molecule has 0 aliphatic heterocycles. The highest BCUT2D eigenvalue weighted by Crippen LogP contribution is 2.20. The Bertz CT molecular complexity index is 159. The maximum Gasteiger partial charge on any atom is 0.0453 e. The van der Waals surface area contributed by atoms with E-state index in [-0.39, 0.29) is 5.54 Å². The molecule has 0 fully saturated rings. The van der Waals surface area contributed by atoms with Crippen molar-refractivity contribution in [1.29, 1.82) is 0 Å². The maximum atomic E-state index is 3.99. The Kier molecular flexibility index (Phi) is 3.94. The second-order valence-electron chi connectivity index (χ2n) is 4.12. The van der Waals surface area contributed by atoms with Crippen molar-refractivity contribution in [1.82, 2.24) is 10.2 Å². The molecular weight excluding hydrogens is 148 g/mol. The van der Waals surface area contributed by atoms with Crippen LogP contribution in [-0.4, -0.2) is 37.6 Å². The van der Waals surface area contributed by atoms with Gasteiger partial charge in [-0.3, -0.25) is 0 Å². The van der Waals surface area contributed by atoms with E-state index < -0.39 is 0 Å². The van der Waals surface area contributed by atoms with Crippen molar-refractivity contribution < 1.29 is 0 Å². The summed E-state index contributed by atoms with van der Waals surface area (Å²) in [5.41, 5.74) is 1.29. The van der Waals surface area contributed by atoms with Gasteiger partial charge < -0.3 is 10.2 Å². The molecule has 1 atom stereocenters. The van der Waals surface area contributed by atoms with Crippen LogP contribution in [0.25, 0.3) is 0 Å². The molecule has 0 bridgehead atoms. The summed E-state index contributed by atoms with van der Waals surface area (Å²) in [6.45, 7) is 10.5. The summed E-state index contributed by atoms with van der Waals surface area (Å²) in [6, 6.07) is 0.340. The molecule has 0 rings (SSSR count). The summed E-state index contributed by atoms with van der Waals surface area (Å²) >= 11 is 0. The first-order valence-electron chi connectivity index (χ1n) is 4.34. The Balaban J connectivity index is 4.59. The third kappa shape index (κ3) is 2.32. The average Bonchev–Trinajstić information content (AvgIpc) is 1.86. The lowest BCUT2D eigenvalue weighted by molar-refractivity contribution is 0.158. The Morgan fingerprint density at radius 1 is 1.42 bits per heavy atom. The Labute approximate surface area is 76.6 Å². The molecule has 0 radical (unpaired) electrons. The fourth-order valence-corrected chi connectivity index (χ4v) is 1.46. The number of nitrogens with one attached hydrogen (secondary N) is 1. The third-order valence-corrected chi connectivity index (χ3v) is 2.64. The van der Waals surface area contributed by atoms with Gasteiger partial charge in [-0.1, -0.05) is 12.2 Å². The van der Waals surface area contributed by atoms with Crippen molar-refractivity contribution in [2.75, 3.05) is 21.1 Å². The average molecular weight is 170 g/mol. The van der Waals surface area contributed by atoms with E-state index in [4.69, 9.17) is 0 Å². The summed E-state index contributed by atoms with van der Waals surface area (Å²) in [6.07, 6.45) is 0. The standard InChI is InChI=1S/C10H22N2/c1-8(2)9(11-5)10(3,4)12(6)7/h9,11H,1H2,2-7H3. The highest BCUT2D eigenvalue weighted by atomic mass is 15.2. The van der Waals surface area contributed by atoms with E-state index in [1.807, 2.05) is 7.05 Å². The topological polar surface area (TPSA) is 15.3 Å². The molecule has 0 saturated carbocycles. The monoisotopic (exact) mass is 170 g/mol. The van der Waals surface area contributed by atoms with Gasteiger partial charge in [0.2, 0.25) is 0 Å². The van der Waals surface area contributed by atoms with Crippen molar-refractivity contribution in [3.05, 3.63) is 12.2 Å². The van der Waals surface area contributed by atoms with Crippen LogP contribution in [0.4, 0.5) is 0 Å². The van der Waals surface area contributed by atoms with E-state index in [1.165, 1.54) is 5.57 Å². The largest absolute Gasteiger partial charge is 0.312 e. The molecule has 12 heavy (non-hydrogen) atoms. The van der Waals surface area contributed by atoms with E-state index in [0.717, 1.165) is 0 Å². The van der Waals surface area contributed by atoms with Gasteiger partial charge in [0.05, 0.1) is 0 Å². The fourth-order valence-electron chi connectivity index (χ4n) is 1.46. The minimum Gasteiger partial charge on any atom is -0.312 e. The van der Waals surface area contributed by atoms with Crippen molar-refractivity contribution in [3.63, 3.8) is 0 Å². The summed E-state index contributed by atoms with van der Waals surface area (Å²) < 4.78 is 0. The molecule has 0 spiro atoms. The lowest BCUT2D eigenvalue weighted by Crippen LogP contribution is -2.54.